The van der Waals surface area contributed by atoms with Crippen LogP contribution in [0.3, 0.4) is 0 Å². The predicted molar refractivity (Wildman–Crippen MR) is 69.9 cm³/mol. The highest BCUT2D eigenvalue weighted by Gasteiger charge is 2.32. The second-order valence-corrected chi connectivity index (χ2v) is 4.95. The molecule has 0 radical (unpaired) electrons. The van der Waals surface area contributed by atoms with Crippen LogP contribution in [0.4, 0.5) is 0 Å². The highest BCUT2D eigenvalue weighted by atomic mass is 16.4. The molecule has 0 fully saturated rings. The van der Waals surface area contributed by atoms with Gasteiger partial charge in [0.1, 0.15) is 6.04 Å². The standard InChI is InChI=1S/C14H15N3O3/c1-9-15-16-13(20-9)8-17-7-11-5-3-2-4-10(11)6-12(17)14(18)19/h2-5,12H,6-8H2,1H3,(H,18,19)/t12-/m0/s1. The van der Waals surface area contributed by atoms with E-state index in [-0.39, 0.29) is 0 Å². The molecule has 1 aromatic carbocycles. The average molecular weight is 273 g/mol. The Morgan fingerprint density at radius 3 is 2.80 bits per heavy atom. The van der Waals surface area contributed by atoms with Crippen LogP contribution in [0.15, 0.2) is 28.7 Å². The first-order valence-corrected chi connectivity index (χ1v) is 6.46. The SMILES string of the molecule is Cc1nnc(CN2Cc3ccccc3C[C@H]2C(=O)O)o1. The van der Waals surface area contributed by atoms with Crippen LogP contribution >= 0.6 is 0 Å². The van der Waals surface area contributed by atoms with Gasteiger partial charge in [0.15, 0.2) is 0 Å². The summed E-state index contributed by atoms with van der Waals surface area (Å²) in [6.07, 6.45) is 0.499. The predicted octanol–water partition coefficient (Wildman–Crippen LogP) is 1.39. The fourth-order valence-corrected chi connectivity index (χ4v) is 2.56. The molecule has 20 heavy (non-hydrogen) atoms. The minimum atomic E-state index is -0.823. The van der Waals surface area contributed by atoms with E-state index in [2.05, 4.69) is 10.2 Å². The van der Waals surface area contributed by atoms with Gasteiger partial charge in [0.2, 0.25) is 11.8 Å². The molecule has 6 nitrogen and oxygen atoms in total. The van der Waals surface area contributed by atoms with Crippen molar-refractivity contribution in [3.05, 3.63) is 47.2 Å². The van der Waals surface area contributed by atoms with Gasteiger partial charge in [-0.15, -0.1) is 10.2 Å². The summed E-state index contributed by atoms with van der Waals surface area (Å²) in [6.45, 7) is 2.65. The molecule has 1 atom stereocenters. The van der Waals surface area contributed by atoms with Crippen molar-refractivity contribution in [3.8, 4) is 0 Å². The summed E-state index contributed by atoms with van der Waals surface area (Å²) in [7, 11) is 0. The van der Waals surface area contributed by atoms with Crippen LogP contribution in [0.2, 0.25) is 0 Å². The van der Waals surface area contributed by atoms with E-state index in [1.165, 1.54) is 0 Å². The second-order valence-electron chi connectivity index (χ2n) is 4.95. The maximum atomic E-state index is 11.5. The summed E-state index contributed by atoms with van der Waals surface area (Å²) in [4.78, 5) is 13.3. The Kier molecular flexibility index (Phi) is 3.23. The quantitative estimate of drug-likeness (QED) is 0.910. The van der Waals surface area contributed by atoms with Gasteiger partial charge in [-0.25, -0.2) is 0 Å². The molecule has 0 bridgehead atoms. The number of fused-ring (bicyclic) bond motifs is 1. The monoisotopic (exact) mass is 273 g/mol. The Morgan fingerprint density at radius 1 is 1.40 bits per heavy atom. The zero-order valence-electron chi connectivity index (χ0n) is 11.1. The number of aryl methyl sites for hydroxylation is 1. The normalized spacial score (nSPS) is 18.8. The van der Waals surface area contributed by atoms with E-state index in [4.69, 9.17) is 4.42 Å². The summed E-state index contributed by atoms with van der Waals surface area (Å²) in [5.74, 6) is 0.119. The zero-order chi connectivity index (χ0) is 14.1. The fourth-order valence-electron chi connectivity index (χ4n) is 2.56. The molecule has 2 aromatic rings. The second kappa shape index (κ2) is 5.05. The number of benzene rings is 1. The van der Waals surface area contributed by atoms with Crippen molar-refractivity contribution >= 4 is 5.97 Å². The Morgan fingerprint density at radius 2 is 2.15 bits per heavy atom. The lowest BCUT2D eigenvalue weighted by Crippen LogP contribution is -2.45. The molecule has 2 heterocycles. The Balaban J connectivity index is 1.86. The zero-order valence-corrected chi connectivity index (χ0v) is 11.1. The van der Waals surface area contributed by atoms with E-state index in [0.29, 0.717) is 31.3 Å². The summed E-state index contributed by atoms with van der Waals surface area (Å²) in [5, 5.41) is 17.1. The molecule has 0 saturated carbocycles. The van der Waals surface area contributed by atoms with Crippen LogP contribution in [-0.2, 0) is 24.3 Å². The molecule has 0 amide bonds. The van der Waals surface area contributed by atoms with Crippen LogP contribution in [0, 0.1) is 6.92 Å². The first-order chi connectivity index (χ1) is 9.63. The van der Waals surface area contributed by atoms with Crippen LogP contribution in [0.5, 0.6) is 0 Å². The number of rotatable bonds is 3. The van der Waals surface area contributed by atoms with Crippen molar-refractivity contribution in [1.82, 2.24) is 15.1 Å². The van der Waals surface area contributed by atoms with Crippen molar-refractivity contribution in [3.63, 3.8) is 0 Å². The number of carboxylic acid groups (broad SMARTS) is 1. The molecule has 0 unspecified atom stereocenters. The maximum absolute atomic E-state index is 11.5. The minimum absolute atomic E-state index is 0.353. The highest BCUT2D eigenvalue weighted by Crippen LogP contribution is 2.24. The van der Waals surface area contributed by atoms with Crippen LogP contribution in [0.1, 0.15) is 22.9 Å². The average Bonchev–Trinajstić information content (AvgIpc) is 2.83. The maximum Gasteiger partial charge on any atom is 0.321 e. The summed E-state index contributed by atoms with van der Waals surface area (Å²) >= 11 is 0. The van der Waals surface area contributed by atoms with Crippen molar-refractivity contribution in [1.29, 1.82) is 0 Å². The van der Waals surface area contributed by atoms with Gasteiger partial charge in [0, 0.05) is 13.5 Å². The minimum Gasteiger partial charge on any atom is -0.480 e. The first kappa shape index (κ1) is 12.8. The number of aliphatic carboxylic acids is 1. The lowest BCUT2D eigenvalue weighted by Gasteiger charge is -2.33. The van der Waals surface area contributed by atoms with E-state index < -0.39 is 12.0 Å². The topological polar surface area (TPSA) is 79.5 Å². The largest absolute Gasteiger partial charge is 0.480 e. The lowest BCUT2D eigenvalue weighted by atomic mass is 9.94. The molecule has 1 aliphatic rings. The van der Waals surface area contributed by atoms with Crippen LogP contribution in [0.25, 0.3) is 0 Å². The van der Waals surface area contributed by atoms with E-state index in [1.807, 2.05) is 29.2 Å². The molecular formula is C14H15N3O3. The van der Waals surface area contributed by atoms with Crippen LogP contribution in [-0.4, -0.2) is 32.2 Å². The third kappa shape index (κ3) is 2.42. The number of hydrogen-bond acceptors (Lipinski definition) is 5. The molecule has 6 heteroatoms. The van der Waals surface area contributed by atoms with Gasteiger partial charge in [0.25, 0.3) is 0 Å². The number of hydrogen-bond donors (Lipinski definition) is 1. The number of carbonyl (C=O) groups is 1. The van der Waals surface area contributed by atoms with Crippen molar-refractivity contribution < 1.29 is 14.3 Å². The molecular weight excluding hydrogens is 258 g/mol. The van der Waals surface area contributed by atoms with Crippen molar-refractivity contribution in [2.45, 2.75) is 32.5 Å². The molecule has 0 aliphatic carbocycles. The van der Waals surface area contributed by atoms with Gasteiger partial charge >= 0.3 is 5.97 Å². The number of carboxylic acids is 1. The van der Waals surface area contributed by atoms with Crippen molar-refractivity contribution in [2.24, 2.45) is 0 Å². The highest BCUT2D eigenvalue weighted by molar-refractivity contribution is 5.74. The van der Waals surface area contributed by atoms with E-state index in [0.717, 1.165) is 11.1 Å². The van der Waals surface area contributed by atoms with Crippen LogP contribution < -0.4 is 0 Å². The molecule has 1 aromatic heterocycles. The van der Waals surface area contributed by atoms with Crippen molar-refractivity contribution in [2.75, 3.05) is 0 Å². The summed E-state index contributed by atoms with van der Waals surface area (Å²) in [5.41, 5.74) is 2.25. The van der Waals surface area contributed by atoms with Gasteiger partial charge in [-0.3, -0.25) is 9.69 Å². The van der Waals surface area contributed by atoms with Gasteiger partial charge in [-0.2, -0.15) is 0 Å². The number of aromatic nitrogens is 2. The van der Waals surface area contributed by atoms with Gasteiger partial charge in [-0.05, 0) is 17.5 Å². The Bertz CT molecular complexity index is 638. The van der Waals surface area contributed by atoms with Gasteiger partial charge in [-0.1, -0.05) is 24.3 Å². The molecule has 3 rings (SSSR count). The molecule has 0 spiro atoms. The molecule has 104 valence electrons. The van der Waals surface area contributed by atoms with Gasteiger partial charge < -0.3 is 9.52 Å². The smallest absolute Gasteiger partial charge is 0.321 e. The lowest BCUT2D eigenvalue weighted by molar-refractivity contribution is -0.144. The third-order valence-electron chi connectivity index (χ3n) is 3.54. The number of nitrogens with zero attached hydrogens (tertiary/aromatic N) is 3. The van der Waals surface area contributed by atoms with Gasteiger partial charge in [0.05, 0.1) is 6.54 Å². The van der Waals surface area contributed by atoms with E-state index >= 15 is 0 Å². The Hall–Kier alpha value is -2.21. The third-order valence-corrected chi connectivity index (χ3v) is 3.54. The first-order valence-electron chi connectivity index (χ1n) is 6.46. The Labute approximate surface area is 116 Å². The van der Waals surface area contributed by atoms with E-state index in [1.54, 1.807) is 6.92 Å². The molecule has 0 saturated heterocycles. The van der Waals surface area contributed by atoms with E-state index in [9.17, 15) is 9.90 Å². The fraction of sp³-hybridized carbons (Fsp3) is 0.357. The molecule has 1 aliphatic heterocycles. The molecule has 1 N–H and O–H groups in total. The summed E-state index contributed by atoms with van der Waals surface area (Å²) in [6, 6.07) is 7.36. The summed E-state index contributed by atoms with van der Waals surface area (Å²) < 4.78 is 5.35.